The van der Waals surface area contributed by atoms with Crippen molar-refractivity contribution in [2.75, 3.05) is 31.6 Å². The van der Waals surface area contributed by atoms with E-state index in [2.05, 4.69) is 51.5 Å². The van der Waals surface area contributed by atoms with Gasteiger partial charge in [-0.1, -0.05) is 30.3 Å². The highest BCUT2D eigenvalue weighted by atomic mass is 19.1. The third-order valence-corrected chi connectivity index (χ3v) is 7.17. The van der Waals surface area contributed by atoms with E-state index in [9.17, 15) is 9.18 Å². The molecule has 0 bridgehead atoms. The van der Waals surface area contributed by atoms with Gasteiger partial charge in [-0.2, -0.15) is 0 Å². The van der Waals surface area contributed by atoms with Crippen LogP contribution in [0.15, 0.2) is 66.7 Å². The van der Waals surface area contributed by atoms with Crippen LogP contribution in [0, 0.1) is 5.82 Å². The number of nitrogens with one attached hydrogen (secondary N) is 1. The van der Waals surface area contributed by atoms with E-state index in [1.54, 1.807) is 12.1 Å². The maximum atomic E-state index is 14.0. The van der Waals surface area contributed by atoms with E-state index in [-0.39, 0.29) is 23.5 Å². The van der Waals surface area contributed by atoms with E-state index < -0.39 is 0 Å². The smallest absolute Gasteiger partial charge is 0.251 e. The fourth-order valence-corrected chi connectivity index (χ4v) is 5.11. The van der Waals surface area contributed by atoms with Crippen molar-refractivity contribution in [3.63, 3.8) is 0 Å². The van der Waals surface area contributed by atoms with Gasteiger partial charge in [0.25, 0.3) is 5.91 Å². The fourth-order valence-electron chi connectivity index (χ4n) is 5.11. The Morgan fingerprint density at radius 3 is 2.46 bits per heavy atom. The number of piperidine rings is 1. The first-order valence-corrected chi connectivity index (χ1v) is 12.4. The summed E-state index contributed by atoms with van der Waals surface area (Å²) < 4.78 is 19.0. The molecule has 182 valence electrons. The zero-order valence-corrected chi connectivity index (χ0v) is 20.2. The monoisotopic (exact) mass is 473 g/mol. The molecule has 6 heteroatoms. The standard InChI is InChI=1S/C29H32FN3O2/c1-35-28-11-6-21(18-27(28)30)19-32-15-13-25(14-16-32)31-29(34)23-7-9-26(10-8-23)33-17-12-22-4-2-3-5-24(22)20-33/h2-11,18,25H,12-17,19-20H2,1H3,(H,31,34). The Hall–Kier alpha value is -3.38. The molecule has 5 rings (SSSR count). The molecule has 1 amide bonds. The first-order chi connectivity index (χ1) is 17.1. The van der Waals surface area contributed by atoms with Gasteiger partial charge in [-0.3, -0.25) is 9.69 Å². The minimum absolute atomic E-state index is 0.0174. The van der Waals surface area contributed by atoms with Crippen molar-refractivity contribution in [2.24, 2.45) is 0 Å². The summed E-state index contributed by atoms with van der Waals surface area (Å²) in [6.07, 6.45) is 2.82. The summed E-state index contributed by atoms with van der Waals surface area (Å²) in [5.74, 6) is -0.0797. The van der Waals surface area contributed by atoms with Gasteiger partial charge < -0.3 is 15.0 Å². The van der Waals surface area contributed by atoms with E-state index in [1.807, 2.05) is 18.2 Å². The topological polar surface area (TPSA) is 44.8 Å². The van der Waals surface area contributed by atoms with E-state index >= 15 is 0 Å². The van der Waals surface area contributed by atoms with Crippen molar-refractivity contribution in [2.45, 2.75) is 38.4 Å². The summed E-state index contributed by atoms with van der Waals surface area (Å²) in [6, 6.07) is 21.9. The Morgan fingerprint density at radius 2 is 1.74 bits per heavy atom. The van der Waals surface area contributed by atoms with E-state index in [1.165, 1.54) is 18.2 Å². The maximum Gasteiger partial charge on any atom is 0.251 e. The number of hydrogen-bond acceptors (Lipinski definition) is 4. The fraction of sp³-hybridized carbons (Fsp3) is 0.345. The predicted molar refractivity (Wildman–Crippen MR) is 136 cm³/mol. The molecule has 0 aromatic heterocycles. The number of fused-ring (bicyclic) bond motifs is 1. The number of benzene rings is 3. The molecule has 0 radical (unpaired) electrons. The molecular weight excluding hydrogens is 441 g/mol. The van der Waals surface area contributed by atoms with Crippen LogP contribution in [0.3, 0.4) is 0 Å². The molecule has 2 aliphatic heterocycles. The zero-order chi connectivity index (χ0) is 24.2. The Kier molecular flexibility index (Phi) is 7.00. The van der Waals surface area contributed by atoms with Crippen LogP contribution in [0.1, 0.15) is 39.9 Å². The van der Waals surface area contributed by atoms with Crippen LogP contribution < -0.4 is 15.0 Å². The highest BCUT2D eigenvalue weighted by molar-refractivity contribution is 5.94. The van der Waals surface area contributed by atoms with Crippen molar-refractivity contribution in [3.05, 3.63) is 94.8 Å². The third kappa shape index (κ3) is 5.49. The third-order valence-electron chi connectivity index (χ3n) is 7.17. The van der Waals surface area contributed by atoms with E-state index in [4.69, 9.17) is 4.74 Å². The van der Waals surface area contributed by atoms with E-state index in [0.29, 0.717) is 12.1 Å². The van der Waals surface area contributed by atoms with Gasteiger partial charge in [0.05, 0.1) is 7.11 Å². The normalized spacial score (nSPS) is 16.6. The highest BCUT2D eigenvalue weighted by Crippen LogP contribution is 2.25. The van der Waals surface area contributed by atoms with Gasteiger partial charge >= 0.3 is 0 Å². The maximum absolute atomic E-state index is 14.0. The summed E-state index contributed by atoms with van der Waals surface area (Å²) in [5, 5.41) is 3.20. The first-order valence-electron chi connectivity index (χ1n) is 12.4. The molecule has 3 aromatic carbocycles. The van der Waals surface area contributed by atoms with Crippen LogP contribution >= 0.6 is 0 Å². The Balaban J connectivity index is 1.11. The van der Waals surface area contributed by atoms with Crippen molar-refractivity contribution < 1.29 is 13.9 Å². The number of hydrogen-bond donors (Lipinski definition) is 1. The zero-order valence-electron chi connectivity index (χ0n) is 20.2. The second kappa shape index (κ2) is 10.5. The summed E-state index contributed by atoms with van der Waals surface area (Å²) in [6.45, 7) is 4.33. The lowest BCUT2D eigenvalue weighted by molar-refractivity contribution is 0.0909. The second-order valence-electron chi connectivity index (χ2n) is 9.48. The molecule has 2 aliphatic rings. The molecule has 1 fully saturated rings. The summed E-state index contributed by atoms with van der Waals surface area (Å²) in [5.41, 5.74) is 5.59. The predicted octanol–water partition coefficient (Wildman–Crippen LogP) is 4.79. The molecule has 35 heavy (non-hydrogen) atoms. The minimum Gasteiger partial charge on any atom is -0.494 e. The first kappa shape index (κ1) is 23.4. The van der Waals surface area contributed by atoms with Crippen LogP contribution in [0.25, 0.3) is 0 Å². The van der Waals surface area contributed by atoms with E-state index in [0.717, 1.165) is 56.7 Å². The van der Waals surface area contributed by atoms with Crippen LogP contribution in [0.4, 0.5) is 10.1 Å². The van der Waals surface area contributed by atoms with Gasteiger partial charge in [0.2, 0.25) is 0 Å². The molecule has 0 aliphatic carbocycles. The highest BCUT2D eigenvalue weighted by Gasteiger charge is 2.22. The molecule has 5 nitrogen and oxygen atoms in total. The van der Waals surface area contributed by atoms with Crippen LogP contribution in [0.2, 0.25) is 0 Å². The minimum atomic E-state index is -0.330. The molecule has 0 atom stereocenters. The van der Waals surface area contributed by atoms with Crippen LogP contribution in [-0.4, -0.2) is 43.6 Å². The number of rotatable bonds is 6. The van der Waals surface area contributed by atoms with Gasteiger partial charge in [0.1, 0.15) is 0 Å². The van der Waals surface area contributed by atoms with Gasteiger partial charge in [0.15, 0.2) is 11.6 Å². The number of methoxy groups -OCH3 is 1. The molecular formula is C29H32FN3O2. The number of nitrogens with zero attached hydrogens (tertiary/aromatic N) is 2. The van der Waals surface area contributed by atoms with Crippen molar-refractivity contribution in [3.8, 4) is 5.75 Å². The molecule has 3 aromatic rings. The number of carbonyl (C=O) groups is 1. The Bertz CT molecular complexity index is 1170. The molecule has 0 saturated carbocycles. The number of ether oxygens (including phenoxy) is 1. The van der Waals surface area contributed by atoms with Gasteiger partial charge in [0, 0.05) is 50.0 Å². The lowest BCUT2D eigenvalue weighted by atomic mass is 9.99. The Morgan fingerprint density at radius 1 is 1.00 bits per heavy atom. The average molecular weight is 474 g/mol. The second-order valence-corrected chi connectivity index (χ2v) is 9.48. The molecule has 0 unspecified atom stereocenters. The molecule has 1 N–H and O–H groups in total. The SMILES string of the molecule is COc1ccc(CN2CCC(NC(=O)c3ccc(N4CCc5ccccc5C4)cc3)CC2)cc1F. The van der Waals surface area contributed by atoms with Gasteiger partial charge in [-0.05, 0) is 72.4 Å². The number of likely N-dealkylation sites (tertiary alicyclic amines) is 1. The largest absolute Gasteiger partial charge is 0.494 e. The molecule has 0 spiro atoms. The number of amides is 1. The van der Waals surface area contributed by atoms with Gasteiger partial charge in [-0.15, -0.1) is 0 Å². The summed E-state index contributed by atoms with van der Waals surface area (Å²) in [4.78, 5) is 17.5. The van der Waals surface area contributed by atoms with Crippen LogP contribution in [0.5, 0.6) is 5.75 Å². The number of halogens is 1. The van der Waals surface area contributed by atoms with Crippen molar-refractivity contribution >= 4 is 11.6 Å². The quantitative estimate of drug-likeness (QED) is 0.559. The van der Waals surface area contributed by atoms with Crippen molar-refractivity contribution in [1.29, 1.82) is 0 Å². The lowest BCUT2D eigenvalue weighted by Gasteiger charge is -2.32. The van der Waals surface area contributed by atoms with Crippen molar-refractivity contribution in [1.82, 2.24) is 10.2 Å². The molecule has 1 saturated heterocycles. The average Bonchev–Trinajstić information content (AvgIpc) is 2.90. The molecule has 2 heterocycles. The van der Waals surface area contributed by atoms with Crippen LogP contribution in [-0.2, 0) is 19.5 Å². The Labute approximate surface area is 206 Å². The summed E-state index contributed by atoms with van der Waals surface area (Å²) in [7, 11) is 1.47. The van der Waals surface area contributed by atoms with Gasteiger partial charge in [-0.25, -0.2) is 4.39 Å². The lowest BCUT2D eigenvalue weighted by Crippen LogP contribution is -2.44. The summed E-state index contributed by atoms with van der Waals surface area (Å²) >= 11 is 0. The number of anilines is 1. The number of carbonyl (C=O) groups excluding carboxylic acids is 1.